The van der Waals surface area contributed by atoms with E-state index in [1.807, 2.05) is 25.8 Å². The Morgan fingerprint density at radius 2 is 2.23 bits per heavy atom. The van der Waals surface area contributed by atoms with Gasteiger partial charge in [-0.3, -0.25) is 9.69 Å². The highest BCUT2D eigenvalue weighted by molar-refractivity contribution is 7.18. The van der Waals surface area contributed by atoms with E-state index < -0.39 is 6.10 Å². The van der Waals surface area contributed by atoms with E-state index in [1.54, 1.807) is 11.3 Å². The second-order valence-electron chi connectivity index (χ2n) is 7.78. The third-order valence-corrected chi connectivity index (χ3v) is 5.93. The van der Waals surface area contributed by atoms with Crippen LogP contribution in [-0.2, 0) is 24.1 Å². The molecule has 0 radical (unpaired) electrons. The zero-order valence-corrected chi connectivity index (χ0v) is 16.9. The number of hydrogen-bond donors (Lipinski definition) is 2. The van der Waals surface area contributed by atoms with Crippen molar-refractivity contribution in [1.29, 1.82) is 0 Å². The Balaban J connectivity index is 1.72. The lowest BCUT2D eigenvalue weighted by Crippen LogP contribution is -2.33. The number of aromatic nitrogens is 2. The lowest BCUT2D eigenvalue weighted by molar-refractivity contribution is -0.00656. The van der Waals surface area contributed by atoms with Gasteiger partial charge in [-0.25, -0.2) is 4.98 Å². The molecule has 1 aliphatic carbocycles. The standard InChI is InChI=1S/C19H29N3O3S/c1-11(2)25-10-13(23)8-22(4)9-16-20-18(24)17-14-6-5-12(3)7-15(14)26-19(17)21-16/h11-13,23H,5-10H2,1-4H3,(H,20,21,24)/t12-,13+/m1/s1. The molecule has 1 aliphatic rings. The fraction of sp³-hybridized carbons (Fsp3) is 0.684. The van der Waals surface area contributed by atoms with Crippen LogP contribution in [-0.4, -0.2) is 52.4 Å². The number of hydrogen-bond acceptors (Lipinski definition) is 6. The summed E-state index contributed by atoms with van der Waals surface area (Å²) in [7, 11) is 1.91. The molecule has 0 bridgehead atoms. The summed E-state index contributed by atoms with van der Waals surface area (Å²) in [4.78, 5) is 24.4. The molecule has 3 rings (SSSR count). The number of likely N-dealkylation sites (N-methyl/N-ethyl adjacent to an activating group) is 1. The molecular weight excluding hydrogens is 350 g/mol. The van der Waals surface area contributed by atoms with Gasteiger partial charge >= 0.3 is 0 Å². The lowest BCUT2D eigenvalue weighted by Gasteiger charge is -2.20. The summed E-state index contributed by atoms with van der Waals surface area (Å²) in [5.74, 6) is 1.32. The summed E-state index contributed by atoms with van der Waals surface area (Å²) in [6.45, 7) is 7.42. The van der Waals surface area contributed by atoms with Gasteiger partial charge < -0.3 is 14.8 Å². The predicted octanol–water partition coefficient (Wildman–Crippen LogP) is 2.33. The van der Waals surface area contributed by atoms with E-state index in [9.17, 15) is 9.90 Å². The molecule has 2 aromatic rings. The van der Waals surface area contributed by atoms with E-state index >= 15 is 0 Å². The number of rotatable bonds is 7. The minimum absolute atomic E-state index is 0.0332. The third kappa shape index (κ3) is 4.52. The highest BCUT2D eigenvalue weighted by Crippen LogP contribution is 2.35. The molecule has 0 saturated carbocycles. The molecule has 0 aromatic carbocycles. The van der Waals surface area contributed by atoms with E-state index in [0.717, 1.165) is 29.5 Å². The van der Waals surface area contributed by atoms with Gasteiger partial charge in [0.25, 0.3) is 5.56 Å². The largest absolute Gasteiger partial charge is 0.389 e. The van der Waals surface area contributed by atoms with Crippen molar-refractivity contribution in [1.82, 2.24) is 14.9 Å². The normalized spacial score (nSPS) is 18.7. The van der Waals surface area contributed by atoms with Crippen molar-refractivity contribution in [2.75, 3.05) is 20.2 Å². The van der Waals surface area contributed by atoms with E-state index in [-0.39, 0.29) is 11.7 Å². The molecule has 0 spiro atoms. The van der Waals surface area contributed by atoms with E-state index in [1.165, 1.54) is 10.4 Å². The number of aryl methyl sites for hydroxylation is 1. The number of thiophene rings is 1. The van der Waals surface area contributed by atoms with E-state index in [4.69, 9.17) is 9.72 Å². The summed E-state index contributed by atoms with van der Waals surface area (Å²) >= 11 is 1.67. The first-order valence-corrected chi connectivity index (χ1v) is 10.2. The highest BCUT2D eigenvalue weighted by Gasteiger charge is 2.23. The minimum Gasteiger partial charge on any atom is -0.389 e. The Morgan fingerprint density at radius 1 is 1.46 bits per heavy atom. The molecular formula is C19H29N3O3S. The van der Waals surface area contributed by atoms with Gasteiger partial charge in [-0.15, -0.1) is 11.3 Å². The number of aromatic amines is 1. The number of aliphatic hydroxyl groups is 1. The number of fused-ring (bicyclic) bond motifs is 3. The smallest absolute Gasteiger partial charge is 0.259 e. The number of nitrogens with one attached hydrogen (secondary N) is 1. The van der Waals surface area contributed by atoms with E-state index in [0.29, 0.717) is 31.4 Å². The lowest BCUT2D eigenvalue weighted by atomic mass is 9.89. The highest BCUT2D eigenvalue weighted by atomic mass is 32.1. The maximum Gasteiger partial charge on any atom is 0.259 e. The van der Waals surface area contributed by atoms with Crippen LogP contribution in [0.3, 0.4) is 0 Å². The Bertz CT molecular complexity index is 814. The molecule has 2 heterocycles. The van der Waals surface area contributed by atoms with Crippen molar-refractivity contribution >= 4 is 21.6 Å². The fourth-order valence-corrected chi connectivity index (χ4v) is 4.91. The first-order valence-electron chi connectivity index (χ1n) is 9.35. The van der Waals surface area contributed by atoms with Gasteiger partial charge in [0.05, 0.1) is 30.7 Å². The Hall–Kier alpha value is -1.28. The summed E-state index contributed by atoms with van der Waals surface area (Å²) in [6.07, 6.45) is 2.70. The molecule has 0 amide bonds. The molecule has 7 heteroatoms. The van der Waals surface area contributed by atoms with Crippen molar-refractivity contribution < 1.29 is 9.84 Å². The molecule has 2 N–H and O–H groups in total. The van der Waals surface area contributed by atoms with Crippen LogP contribution in [0.1, 0.15) is 43.5 Å². The third-order valence-electron chi connectivity index (χ3n) is 4.78. The van der Waals surface area contributed by atoms with Crippen LogP contribution in [0.2, 0.25) is 0 Å². The number of nitrogens with zero attached hydrogens (tertiary/aromatic N) is 2. The molecule has 0 aliphatic heterocycles. The van der Waals surface area contributed by atoms with Gasteiger partial charge in [0.2, 0.25) is 0 Å². The predicted molar refractivity (Wildman–Crippen MR) is 105 cm³/mol. The Kier molecular flexibility index (Phi) is 6.12. The van der Waals surface area contributed by atoms with Crippen LogP contribution >= 0.6 is 11.3 Å². The maximum atomic E-state index is 12.6. The number of ether oxygens (including phenoxy) is 1. The van der Waals surface area contributed by atoms with Gasteiger partial charge in [0.15, 0.2) is 0 Å². The van der Waals surface area contributed by atoms with Crippen molar-refractivity contribution in [3.8, 4) is 0 Å². The van der Waals surface area contributed by atoms with Crippen LogP contribution in [0.15, 0.2) is 4.79 Å². The summed E-state index contributed by atoms with van der Waals surface area (Å²) < 4.78 is 5.44. The van der Waals surface area contributed by atoms with Gasteiger partial charge in [0, 0.05) is 11.4 Å². The van der Waals surface area contributed by atoms with Crippen LogP contribution in [0.4, 0.5) is 0 Å². The summed E-state index contributed by atoms with van der Waals surface area (Å²) in [6, 6.07) is 0. The van der Waals surface area contributed by atoms with Gasteiger partial charge in [-0.2, -0.15) is 0 Å². The zero-order valence-electron chi connectivity index (χ0n) is 16.0. The van der Waals surface area contributed by atoms with Crippen molar-refractivity contribution in [2.24, 2.45) is 5.92 Å². The average Bonchev–Trinajstić information content (AvgIpc) is 2.90. The van der Waals surface area contributed by atoms with Gasteiger partial charge in [-0.1, -0.05) is 6.92 Å². The van der Waals surface area contributed by atoms with Crippen LogP contribution in [0.5, 0.6) is 0 Å². The average molecular weight is 380 g/mol. The summed E-state index contributed by atoms with van der Waals surface area (Å²) in [5.41, 5.74) is 1.17. The fourth-order valence-electron chi connectivity index (χ4n) is 3.50. The van der Waals surface area contributed by atoms with E-state index in [2.05, 4.69) is 11.9 Å². The van der Waals surface area contributed by atoms with Crippen molar-refractivity contribution in [2.45, 2.75) is 58.8 Å². The quantitative estimate of drug-likeness (QED) is 0.772. The SMILES string of the molecule is CC(C)OC[C@@H](O)CN(C)Cc1nc2sc3c(c2c(=O)[nH]1)CC[C@@H](C)C3. The first-order chi connectivity index (χ1) is 12.3. The number of H-pyrrole nitrogens is 1. The molecule has 26 heavy (non-hydrogen) atoms. The second-order valence-corrected chi connectivity index (χ2v) is 8.86. The molecule has 6 nitrogen and oxygen atoms in total. The van der Waals surface area contributed by atoms with Gasteiger partial charge in [0.1, 0.15) is 10.7 Å². The molecule has 2 aromatic heterocycles. The Morgan fingerprint density at radius 3 is 2.96 bits per heavy atom. The Labute approximate surface area is 158 Å². The molecule has 0 saturated heterocycles. The first kappa shape index (κ1) is 19.5. The summed E-state index contributed by atoms with van der Waals surface area (Å²) in [5, 5.41) is 10.8. The van der Waals surface area contributed by atoms with Crippen LogP contribution in [0, 0.1) is 5.92 Å². The molecule has 144 valence electrons. The monoisotopic (exact) mass is 379 g/mol. The van der Waals surface area contributed by atoms with Gasteiger partial charge in [-0.05, 0) is 51.6 Å². The molecule has 0 unspecified atom stereocenters. The minimum atomic E-state index is -0.562. The van der Waals surface area contributed by atoms with Crippen molar-refractivity contribution in [3.63, 3.8) is 0 Å². The number of aliphatic hydroxyl groups excluding tert-OH is 1. The zero-order chi connectivity index (χ0) is 18.8. The maximum absolute atomic E-state index is 12.6. The second kappa shape index (κ2) is 8.17. The van der Waals surface area contributed by atoms with Crippen LogP contribution < -0.4 is 5.56 Å². The molecule has 2 atom stereocenters. The topological polar surface area (TPSA) is 78.5 Å². The molecule has 0 fully saturated rings. The van der Waals surface area contributed by atoms with Crippen LogP contribution in [0.25, 0.3) is 10.2 Å². The van der Waals surface area contributed by atoms with Crippen molar-refractivity contribution in [3.05, 3.63) is 26.6 Å².